The van der Waals surface area contributed by atoms with Crippen LogP contribution in [0.4, 0.5) is 14.5 Å². The molecule has 0 atom stereocenters. The maximum atomic E-state index is 12.8. The summed E-state index contributed by atoms with van der Waals surface area (Å²) in [5, 5.41) is 5.37. The van der Waals surface area contributed by atoms with Gasteiger partial charge < -0.3 is 10.6 Å². The van der Waals surface area contributed by atoms with E-state index in [0.29, 0.717) is 0 Å². The lowest BCUT2D eigenvalue weighted by molar-refractivity contribution is -0.115. The van der Waals surface area contributed by atoms with Gasteiger partial charge in [-0.1, -0.05) is 13.8 Å². The molecule has 0 spiro atoms. The van der Waals surface area contributed by atoms with Crippen LogP contribution in [0.15, 0.2) is 18.2 Å². The Morgan fingerprint density at radius 3 is 2.56 bits per heavy atom. The summed E-state index contributed by atoms with van der Waals surface area (Å²) in [6, 6.07) is 3.42. The molecular weight excluding hydrogens is 214 g/mol. The molecule has 1 aromatic carbocycles. The Bertz CT molecular complexity index is 380. The van der Waals surface area contributed by atoms with Crippen molar-refractivity contribution in [1.29, 1.82) is 0 Å². The maximum Gasteiger partial charge on any atom is 0.238 e. The summed E-state index contributed by atoms with van der Waals surface area (Å²) in [7, 11) is 0. The third-order valence-corrected chi connectivity index (χ3v) is 1.87. The zero-order valence-corrected chi connectivity index (χ0v) is 9.18. The molecule has 0 unspecified atom stereocenters. The van der Waals surface area contributed by atoms with Crippen LogP contribution >= 0.6 is 0 Å². The topological polar surface area (TPSA) is 41.1 Å². The number of halogens is 2. The standard InChI is InChI=1S/C11H14F2N2O/c1-7(2)14-6-11(16)15-8-3-4-9(12)10(13)5-8/h3-5,7,14H,6H2,1-2H3,(H,15,16). The van der Waals surface area contributed by atoms with E-state index in [-0.39, 0.29) is 24.2 Å². The van der Waals surface area contributed by atoms with E-state index in [4.69, 9.17) is 0 Å². The second kappa shape index (κ2) is 5.55. The summed E-state index contributed by atoms with van der Waals surface area (Å²) < 4.78 is 25.4. The van der Waals surface area contributed by atoms with Gasteiger partial charge in [0, 0.05) is 17.8 Å². The number of hydrogen-bond acceptors (Lipinski definition) is 2. The summed E-state index contributed by atoms with van der Waals surface area (Å²) >= 11 is 0. The van der Waals surface area contributed by atoms with Crippen LogP contribution in [0.1, 0.15) is 13.8 Å². The first-order valence-electron chi connectivity index (χ1n) is 4.97. The van der Waals surface area contributed by atoms with Crippen molar-refractivity contribution in [3.05, 3.63) is 29.8 Å². The predicted octanol–water partition coefficient (Wildman–Crippen LogP) is 1.90. The van der Waals surface area contributed by atoms with E-state index in [0.717, 1.165) is 12.1 Å². The van der Waals surface area contributed by atoms with Gasteiger partial charge in [-0.15, -0.1) is 0 Å². The highest BCUT2D eigenvalue weighted by molar-refractivity contribution is 5.92. The molecular formula is C11H14F2N2O. The number of amides is 1. The third-order valence-electron chi connectivity index (χ3n) is 1.87. The van der Waals surface area contributed by atoms with Gasteiger partial charge in [0.25, 0.3) is 0 Å². The van der Waals surface area contributed by atoms with Gasteiger partial charge in [0.1, 0.15) is 0 Å². The van der Waals surface area contributed by atoms with Crippen molar-refractivity contribution < 1.29 is 13.6 Å². The van der Waals surface area contributed by atoms with E-state index in [9.17, 15) is 13.6 Å². The first-order chi connectivity index (χ1) is 7.49. The molecule has 0 heterocycles. The Kier molecular flexibility index (Phi) is 4.37. The van der Waals surface area contributed by atoms with Crippen molar-refractivity contribution in [2.24, 2.45) is 0 Å². The number of benzene rings is 1. The molecule has 0 aromatic heterocycles. The lowest BCUT2D eigenvalue weighted by Gasteiger charge is -2.08. The predicted molar refractivity (Wildman–Crippen MR) is 58.1 cm³/mol. The van der Waals surface area contributed by atoms with E-state index in [2.05, 4.69) is 10.6 Å². The van der Waals surface area contributed by atoms with Gasteiger partial charge in [-0.05, 0) is 12.1 Å². The van der Waals surface area contributed by atoms with Crippen molar-refractivity contribution in [2.75, 3.05) is 11.9 Å². The number of nitrogens with one attached hydrogen (secondary N) is 2. The second-order valence-electron chi connectivity index (χ2n) is 3.71. The molecule has 0 fully saturated rings. The molecule has 0 aliphatic rings. The van der Waals surface area contributed by atoms with Crippen LogP contribution in [0.3, 0.4) is 0 Å². The van der Waals surface area contributed by atoms with Crippen LogP contribution in [-0.2, 0) is 4.79 Å². The summed E-state index contributed by atoms with van der Waals surface area (Å²) in [5.74, 6) is -2.20. The number of carbonyl (C=O) groups is 1. The molecule has 3 nitrogen and oxygen atoms in total. The lowest BCUT2D eigenvalue weighted by atomic mass is 10.3. The van der Waals surface area contributed by atoms with Gasteiger partial charge in [0.2, 0.25) is 5.91 Å². The van der Waals surface area contributed by atoms with E-state index in [1.165, 1.54) is 6.07 Å². The van der Waals surface area contributed by atoms with Crippen molar-refractivity contribution in [3.63, 3.8) is 0 Å². The molecule has 0 saturated heterocycles. The first kappa shape index (κ1) is 12.6. The van der Waals surface area contributed by atoms with Crippen LogP contribution in [0.25, 0.3) is 0 Å². The zero-order valence-electron chi connectivity index (χ0n) is 9.18. The highest BCUT2D eigenvalue weighted by Crippen LogP contribution is 2.12. The maximum absolute atomic E-state index is 12.8. The van der Waals surface area contributed by atoms with Crippen LogP contribution < -0.4 is 10.6 Å². The summed E-state index contributed by atoms with van der Waals surface area (Å²) in [6.07, 6.45) is 0. The van der Waals surface area contributed by atoms with E-state index in [1.807, 2.05) is 13.8 Å². The smallest absolute Gasteiger partial charge is 0.238 e. The van der Waals surface area contributed by atoms with Gasteiger partial charge in [-0.2, -0.15) is 0 Å². The van der Waals surface area contributed by atoms with Crippen molar-refractivity contribution in [3.8, 4) is 0 Å². The highest BCUT2D eigenvalue weighted by Gasteiger charge is 2.06. The largest absolute Gasteiger partial charge is 0.325 e. The molecule has 0 bridgehead atoms. The monoisotopic (exact) mass is 228 g/mol. The van der Waals surface area contributed by atoms with Crippen molar-refractivity contribution >= 4 is 11.6 Å². The Balaban J connectivity index is 2.53. The van der Waals surface area contributed by atoms with Gasteiger partial charge in [-0.25, -0.2) is 8.78 Å². The minimum absolute atomic E-state index is 0.136. The molecule has 5 heteroatoms. The second-order valence-corrected chi connectivity index (χ2v) is 3.71. The van der Waals surface area contributed by atoms with E-state index >= 15 is 0 Å². The Morgan fingerprint density at radius 2 is 2.00 bits per heavy atom. The lowest BCUT2D eigenvalue weighted by Crippen LogP contribution is -2.32. The average molecular weight is 228 g/mol. The molecule has 1 amide bonds. The molecule has 0 aliphatic heterocycles. The average Bonchev–Trinajstić information content (AvgIpc) is 2.21. The van der Waals surface area contributed by atoms with Gasteiger partial charge >= 0.3 is 0 Å². The fraction of sp³-hybridized carbons (Fsp3) is 0.364. The van der Waals surface area contributed by atoms with E-state index in [1.54, 1.807) is 0 Å². The Hall–Kier alpha value is -1.49. The highest BCUT2D eigenvalue weighted by atomic mass is 19.2. The number of anilines is 1. The van der Waals surface area contributed by atoms with Crippen molar-refractivity contribution in [1.82, 2.24) is 5.32 Å². The van der Waals surface area contributed by atoms with E-state index < -0.39 is 11.6 Å². The molecule has 0 radical (unpaired) electrons. The first-order valence-corrected chi connectivity index (χ1v) is 4.97. The Morgan fingerprint density at radius 1 is 1.31 bits per heavy atom. The van der Waals surface area contributed by atoms with Crippen LogP contribution in [-0.4, -0.2) is 18.5 Å². The molecule has 1 aromatic rings. The number of rotatable bonds is 4. The normalized spacial score (nSPS) is 10.6. The quantitative estimate of drug-likeness (QED) is 0.826. The fourth-order valence-corrected chi connectivity index (χ4v) is 1.08. The number of hydrogen-bond donors (Lipinski definition) is 2. The minimum atomic E-state index is -0.977. The van der Waals surface area contributed by atoms with Gasteiger partial charge in [-0.3, -0.25) is 4.79 Å². The molecule has 0 saturated carbocycles. The fourth-order valence-electron chi connectivity index (χ4n) is 1.08. The van der Waals surface area contributed by atoms with Gasteiger partial charge in [0.05, 0.1) is 6.54 Å². The zero-order chi connectivity index (χ0) is 12.1. The molecule has 2 N–H and O–H groups in total. The van der Waals surface area contributed by atoms with Gasteiger partial charge in [0.15, 0.2) is 11.6 Å². The van der Waals surface area contributed by atoms with Crippen LogP contribution in [0.2, 0.25) is 0 Å². The third kappa shape index (κ3) is 3.94. The van der Waals surface area contributed by atoms with Crippen LogP contribution in [0.5, 0.6) is 0 Å². The summed E-state index contributed by atoms with van der Waals surface area (Å²) in [5.41, 5.74) is 0.245. The minimum Gasteiger partial charge on any atom is -0.325 e. The summed E-state index contributed by atoms with van der Waals surface area (Å²) in [6.45, 7) is 3.95. The van der Waals surface area contributed by atoms with Crippen LogP contribution in [0, 0.1) is 11.6 Å². The molecule has 1 rings (SSSR count). The number of carbonyl (C=O) groups excluding carboxylic acids is 1. The molecule has 0 aliphatic carbocycles. The Labute approximate surface area is 92.8 Å². The molecule has 16 heavy (non-hydrogen) atoms. The SMILES string of the molecule is CC(C)NCC(=O)Nc1ccc(F)c(F)c1. The van der Waals surface area contributed by atoms with Crippen molar-refractivity contribution in [2.45, 2.75) is 19.9 Å². The molecule has 88 valence electrons. The summed E-state index contributed by atoms with van der Waals surface area (Å²) in [4.78, 5) is 11.3.